The lowest BCUT2D eigenvalue weighted by Crippen LogP contribution is -2.16. The molecule has 0 aliphatic heterocycles. The second kappa shape index (κ2) is 16.3. The molecular weight excluding hydrogens is 833 g/mol. The first-order valence-corrected chi connectivity index (χ1v) is 24.0. The van der Waals surface area contributed by atoms with Crippen molar-refractivity contribution in [3.8, 4) is 61.3 Å². The van der Waals surface area contributed by atoms with Crippen LogP contribution >= 0.6 is 0 Å². The largest absolute Gasteiger partial charge is 0.310 e. The fourth-order valence-corrected chi connectivity index (χ4v) is 11.0. The predicted molar refractivity (Wildman–Crippen MR) is 292 cm³/mol. The highest BCUT2D eigenvalue weighted by atomic mass is 15.1. The van der Waals surface area contributed by atoms with Crippen molar-refractivity contribution in [3.05, 3.63) is 266 Å². The molecule has 0 amide bonds. The van der Waals surface area contributed by atoms with Crippen LogP contribution in [0.3, 0.4) is 0 Å². The third kappa shape index (κ3) is 6.95. The average molecular weight is 881 g/mol. The Kier molecular flexibility index (Phi) is 9.55. The van der Waals surface area contributed by atoms with Gasteiger partial charge in [-0.05, 0) is 150 Å². The van der Waals surface area contributed by atoms with E-state index in [0.29, 0.717) is 0 Å². The van der Waals surface area contributed by atoms with E-state index in [9.17, 15) is 0 Å². The molecule has 1 aliphatic rings. The highest BCUT2D eigenvalue weighted by molar-refractivity contribution is 6.10. The van der Waals surface area contributed by atoms with E-state index >= 15 is 0 Å². The van der Waals surface area contributed by atoms with Crippen LogP contribution in [0.25, 0.3) is 93.9 Å². The first-order valence-electron chi connectivity index (χ1n) is 24.0. The maximum absolute atomic E-state index is 2.44. The smallest absolute Gasteiger partial charge is 0.0541 e. The Hall–Kier alpha value is -8.72. The van der Waals surface area contributed by atoms with Gasteiger partial charge in [0.15, 0.2) is 0 Å². The molecule has 0 spiro atoms. The van der Waals surface area contributed by atoms with Crippen molar-refractivity contribution in [1.29, 1.82) is 0 Å². The van der Waals surface area contributed by atoms with Gasteiger partial charge in [0.1, 0.15) is 0 Å². The SMILES string of the molecule is CC1(C)c2ccccc2-c2ccc(N(c3cccc(-c4ccc(-c5ccc6c(c5)c5ccccc5n6-c5cc(-c6ccccc6)cc(-c6ccccc6)c5)cc4)c3)c3ccc4ccccc4c3)cc21. The molecule has 0 saturated heterocycles. The maximum atomic E-state index is 2.44. The number of nitrogens with zero attached hydrogens (tertiary/aromatic N) is 2. The van der Waals surface area contributed by atoms with Crippen LogP contribution in [0.2, 0.25) is 0 Å². The molecule has 1 aliphatic carbocycles. The van der Waals surface area contributed by atoms with Crippen molar-refractivity contribution in [2.45, 2.75) is 19.3 Å². The molecule has 69 heavy (non-hydrogen) atoms. The number of anilines is 3. The highest BCUT2D eigenvalue weighted by Gasteiger charge is 2.35. The summed E-state index contributed by atoms with van der Waals surface area (Å²) in [5.74, 6) is 0. The predicted octanol–water partition coefficient (Wildman–Crippen LogP) is 18.4. The zero-order valence-electron chi connectivity index (χ0n) is 38.6. The quantitative estimate of drug-likeness (QED) is 0.148. The van der Waals surface area contributed by atoms with E-state index in [1.165, 1.54) is 99.3 Å². The fraction of sp³-hybridized carbons (Fsp3) is 0.0448. The van der Waals surface area contributed by atoms with Crippen LogP contribution in [-0.4, -0.2) is 4.57 Å². The topological polar surface area (TPSA) is 8.17 Å². The minimum Gasteiger partial charge on any atom is -0.310 e. The van der Waals surface area contributed by atoms with E-state index in [-0.39, 0.29) is 5.41 Å². The van der Waals surface area contributed by atoms with E-state index < -0.39 is 0 Å². The summed E-state index contributed by atoms with van der Waals surface area (Å²) in [5, 5.41) is 4.93. The van der Waals surface area contributed by atoms with Crippen molar-refractivity contribution in [1.82, 2.24) is 4.57 Å². The monoisotopic (exact) mass is 880 g/mol. The van der Waals surface area contributed by atoms with Gasteiger partial charge in [0.2, 0.25) is 0 Å². The molecular formula is C67H48N2. The number of rotatable bonds is 8. The number of benzene rings is 11. The second-order valence-electron chi connectivity index (χ2n) is 19.0. The zero-order chi connectivity index (χ0) is 46.1. The Labute approximate surface area is 403 Å². The highest BCUT2D eigenvalue weighted by Crippen LogP contribution is 2.51. The van der Waals surface area contributed by atoms with Gasteiger partial charge in [-0.25, -0.2) is 0 Å². The van der Waals surface area contributed by atoms with E-state index in [0.717, 1.165) is 22.7 Å². The summed E-state index contributed by atoms with van der Waals surface area (Å²) in [6.45, 7) is 4.71. The zero-order valence-corrected chi connectivity index (χ0v) is 38.6. The summed E-state index contributed by atoms with van der Waals surface area (Å²) in [6.07, 6.45) is 0. The molecule has 2 nitrogen and oxygen atoms in total. The van der Waals surface area contributed by atoms with Crippen molar-refractivity contribution < 1.29 is 0 Å². The summed E-state index contributed by atoms with van der Waals surface area (Å²) in [5.41, 5.74) is 21.7. The van der Waals surface area contributed by atoms with E-state index in [2.05, 4.69) is 278 Å². The first-order chi connectivity index (χ1) is 33.9. The molecule has 0 bridgehead atoms. The number of para-hydroxylation sites is 1. The minimum atomic E-state index is -0.108. The van der Waals surface area contributed by atoms with Crippen LogP contribution < -0.4 is 4.90 Å². The molecule has 12 aromatic rings. The molecule has 11 aromatic carbocycles. The lowest BCUT2D eigenvalue weighted by Gasteiger charge is -2.28. The molecule has 326 valence electrons. The van der Waals surface area contributed by atoms with Gasteiger partial charge >= 0.3 is 0 Å². The fourth-order valence-electron chi connectivity index (χ4n) is 11.0. The van der Waals surface area contributed by atoms with Gasteiger partial charge in [-0.2, -0.15) is 0 Å². The van der Waals surface area contributed by atoms with Gasteiger partial charge in [0, 0.05) is 38.9 Å². The van der Waals surface area contributed by atoms with Crippen LogP contribution in [0.4, 0.5) is 17.1 Å². The molecule has 0 radical (unpaired) electrons. The molecule has 0 saturated carbocycles. The number of aromatic nitrogens is 1. The average Bonchev–Trinajstić information content (AvgIpc) is 3.86. The van der Waals surface area contributed by atoms with Crippen LogP contribution in [0.5, 0.6) is 0 Å². The molecule has 0 fully saturated rings. The lowest BCUT2D eigenvalue weighted by atomic mass is 9.82. The molecule has 13 rings (SSSR count). The Balaban J connectivity index is 0.874. The van der Waals surface area contributed by atoms with Gasteiger partial charge in [-0.1, -0.05) is 196 Å². The van der Waals surface area contributed by atoms with Crippen molar-refractivity contribution in [2.24, 2.45) is 0 Å². The van der Waals surface area contributed by atoms with Gasteiger partial charge in [-0.15, -0.1) is 0 Å². The molecule has 1 heterocycles. The van der Waals surface area contributed by atoms with Gasteiger partial charge in [0.25, 0.3) is 0 Å². The Morgan fingerprint density at radius 2 is 0.841 bits per heavy atom. The van der Waals surface area contributed by atoms with Crippen LogP contribution in [0.15, 0.2) is 255 Å². The number of hydrogen-bond donors (Lipinski definition) is 0. The summed E-state index contributed by atoms with van der Waals surface area (Å²) in [4.78, 5) is 2.43. The summed E-state index contributed by atoms with van der Waals surface area (Å²) in [6, 6.07) is 93.7. The Morgan fingerprint density at radius 3 is 1.59 bits per heavy atom. The van der Waals surface area contributed by atoms with Gasteiger partial charge < -0.3 is 9.47 Å². The normalized spacial score (nSPS) is 12.6. The molecule has 1 aromatic heterocycles. The van der Waals surface area contributed by atoms with Gasteiger partial charge in [0.05, 0.1) is 11.0 Å². The maximum Gasteiger partial charge on any atom is 0.0541 e. The summed E-state index contributed by atoms with van der Waals surface area (Å²) >= 11 is 0. The molecule has 0 unspecified atom stereocenters. The number of hydrogen-bond acceptors (Lipinski definition) is 1. The molecule has 2 heteroatoms. The Bertz CT molecular complexity index is 3860. The van der Waals surface area contributed by atoms with E-state index in [1.54, 1.807) is 0 Å². The standard InChI is InChI=1S/C67H48N2/c1-67(2)63-26-13-11-24-59(63)60-36-35-57(44-64(60)67)68(56-34-32-47-20-9-10-21-50(47)40-56)55-23-15-22-51(39-55)48-28-30-49(31-29-48)52-33-37-66-62(43-52)61-25-12-14-27-65(61)69(66)58-41-53(45-16-5-3-6-17-45)38-54(42-58)46-18-7-4-8-19-46/h3-44H,1-2H3. The van der Waals surface area contributed by atoms with Gasteiger partial charge in [-0.3, -0.25) is 0 Å². The Morgan fingerprint density at radius 1 is 0.304 bits per heavy atom. The summed E-state index contributed by atoms with van der Waals surface area (Å²) in [7, 11) is 0. The van der Waals surface area contributed by atoms with Crippen molar-refractivity contribution in [3.63, 3.8) is 0 Å². The first kappa shape index (κ1) is 40.5. The molecule has 0 atom stereocenters. The van der Waals surface area contributed by atoms with Crippen molar-refractivity contribution in [2.75, 3.05) is 4.90 Å². The lowest BCUT2D eigenvalue weighted by molar-refractivity contribution is 0.660. The van der Waals surface area contributed by atoms with E-state index in [4.69, 9.17) is 0 Å². The van der Waals surface area contributed by atoms with Crippen molar-refractivity contribution >= 4 is 49.6 Å². The second-order valence-corrected chi connectivity index (χ2v) is 19.0. The van der Waals surface area contributed by atoms with Crippen LogP contribution in [0, 0.1) is 0 Å². The third-order valence-electron chi connectivity index (χ3n) is 14.5. The van der Waals surface area contributed by atoms with Crippen LogP contribution in [0.1, 0.15) is 25.0 Å². The minimum absolute atomic E-state index is 0.108. The molecule has 0 N–H and O–H groups in total. The van der Waals surface area contributed by atoms with Crippen LogP contribution in [-0.2, 0) is 5.41 Å². The third-order valence-corrected chi connectivity index (χ3v) is 14.5. The van der Waals surface area contributed by atoms with E-state index in [1.807, 2.05) is 0 Å². The number of fused-ring (bicyclic) bond motifs is 7. The summed E-state index contributed by atoms with van der Waals surface area (Å²) < 4.78 is 2.44.